The van der Waals surface area contributed by atoms with Crippen molar-refractivity contribution in [1.29, 1.82) is 0 Å². The molecule has 0 atom stereocenters. The highest BCUT2D eigenvalue weighted by Gasteiger charge is 2.39. The third-order valence-electron chi connectivity index (χ3n) is 2.54. The van der Waals surface area contributed by atoms with E-state index in [9.17, 15) is 26.3 Å². The van der Waals surface area contributed by atoms with E-state index in [0.717, 1.165) is 0 Å². The van der Waals surface area contributed by atoms with Gasteiger partial charge in [0.15, 0.2) is 0 Å². The molecule has 0 radical (unpaired) electrons. The van der Waals surface area contributed by atoms with E-state index >= 15 is 0 Å². The summed E-state index contributed by atoms with van der Waals surface area (Å²) in [6, 6.07) is 1.11. The van der Waals surface area contributed by atoms with Gasteiger partial charge >= 0.3 is 12.4 Å². The summed E-state index contributed by atoms with van der Waals surface area (Å²) in [5, 5.41) is 8.18. The summed E-state index contributed by atoms with van der Waals surface area (Å²) in [7, 11) is 0. The van der Waals surface area contributed by atoms with E-state index < -0.39 is 41.0 Å². The first kappa shape index (κ1) is 14.9. The first-order chi connectivity index (χ1) is 9.05. The molecule has 2 aromatic rings. The number of aromatic nitrogens is 2. The van der Waals surface area contributed by atoms with Crippen LogP contribution in [0.1, 0.15) is 11.4 Å². The first-order valence-corrected chi connectivity index (χ1v) is 5.38. The van der Waals surface area contributed by atoms with Crippen molar-refractivity contribution in [2.24, 2.45) is 0 Å². The Balaban J connectivity index is 2.79. The quantitative estimate of drug-likeness (QED) is 0.815. The van der Waals surface area contributed by atoms with E-state index in [4.69, 9.17) is 16.7 Å². The molecule has 10 heteroatoms. The number of aliphatic hydroxyl groups excluding tert-OH is 1. The minimum Gasteiger partial charge on any atom is -0.376 e. The van der Waals surface area contributed by atoms with Crippen LogP contribution in [0.15, 0.2) is 12.1 Å². The molecule has 0 aliphatic heterocycles. The molecular formula is C10H5ClF6N2O. The molecule has 0 fully saturated rings. The largest absolute Gasteiger partial charge is 0.449 e. The summed E-state index contributed by atoms with van der Waals surface area (Å²) in [4.78, 5) is 3.09. The highest BCUT2D eigenvalue weighted by molar-refractivity contribution is 6.32. The average Bonchev–Trinajstić information content (AvgIpc) is 2.63. The number of nitrogens with zero attached hydrogens (tertiary/aromatic N) is 2. The molecule has 1 aromatic heterocycles. The fraction of sp³-hybridized carbons (Fsp3) is 0.300. The molecule has 1 heterocycles. The molecule has 20 heavy (non-hydrogen) atoms. The molecule has 0 aliphatic carbocycles. The Hall–Kier alpha value is -1.48. The van der Waals surface area contributed by atoms with Gasteiger partial charge in [0.1, 0.15) is 6.73 Å². The Kier molecular flexibility index (Phi) is 3.37. The number of aliphatic hydroxyl groups is 1. The summed E-state index contributed by atoms with van der Waals surface area (Å²) < 4.78 is 76.1. The smallest absolute Gasteiger partial charge is 0.376 e. The zero-order chi connectivity index (χ0) is 15.3. The van der Waals surface area contributed by atoms with Gasteiger partial charge in [0.2, 0.25) is 5.82 Å². The molecule has 110 valence electrons. The zero-order valence-corrected chi connectivity index (χ0v) is 10.1. The Morgan fingerprint density at radius 3 is 2.15 bits per heavy atom. The number of rotatable bonds is 1. The van der Waals surface area contributed by atoms with Gasteiger partial charge < -0.3 is 5.11 Å². The molecule has 0 saturated carbocycles. The minimum atomic E-state index is -4.91. The second-order valence-electron chi connectivity index (χ2n) is 3.82. The van der Waals surface area contributed by atoms with Crippen LogP contribution in [-0.4, -0.2) is 14.7 Å². The van der Waals surface area contributed by atoms with E-state index in [2.05, 4.69) is 4.98 Å². The topological polar surface area (TPSA) is 38.0 Å². The summed E-state index contributed by atoms with van der Waals surface area (Å²) in [6.07, 6.45) is -9.72. The lowest BCUT2D eigenvalue weighted by Crippen LogP contribution is -2.14. The second-order valence-corrected chi connectivity index (χ2v) is 4.23. The molecule has 1 aromatic carbocycles. The van der Waals surface area contributed by atoms with Crippen LogP contribution in [0.3, 0.4) is 0 Å². The maximum Gasteiger partial charge on any atom is 0.449 e. The second kappa shape index (κ2) is 4.52. The lowest BCUT2D eigenvalue weighted by molar-refractivity contribution is -0.148. The van der Waals surface area contributed by atoms with Gasteiger partial charge in [0.25, 0.3) is 0 Å². The van der Waals surface area contributed by atoms with Crippen molar-refractivity contribution in [1.82, 2.24) is 9.55 Å². The third-order valence-corrected chi connectivity index (χ3v) is 2.85. The van der Waals surface area contributed by atoms with Crippen molar-refractivity contribution in [3.05, 3.63) is 28.5 Å². The maximum atomic E-state index is 12.7. The van der Waals surface area contributed by atoms with Crippen molar-refractivity contribution < 1.29 is 31.4 Å². The molecule has 0 saturated heterocycles. The molecular weight excluding hydrogens is 314 g/mol. The highest BCUT2D eigenvalue weighted by Crippen LogP contribution is 2.38. The highest BCUT2D eigenvalue weighted by atomic mass is 35.5. The zero-order valence-electron chi connectivity index (χ0n) is 9.35. The van der Waals surface area contributed by atoms with Gasteiger partial charge in [-0.2, -0.15) is 26.3 Å². The number of hydrogen-bond acceptors (Lipinski definition) is 2. The SMILES string of the molecule is OCn1c(C(F)(F)F)nc2cc(C(F)(F)F)c(Cl)cc21. The van der Waals surface area contributed by atoms with E-state index in [0.29, 0.717) is 16.7 Å². The lowest BCUT2D eigenvalue weighted by Gasteiger charge is -2.10. The number of alkyl halides is 6. The van der Waals surface area contributed by atoms with Crippen LogP contribution in [0.5, 0.6) is 0 Å². The van der Waals surface area contributed by atoms with Crippen LogP contribution in [0.25, 0.3) is 11.0 Å². The predicted molar refractivity (Wildman–Crippen MR) is 57.0 cm³/mol. The predicted octanol–water partition coefficient (Wildman–Crippen LogP) is 3.68. The van der Waals surface area contributed by atoms with E-state index in [1.165, 1.54) is 0 Å². The van der Waals surface area contributed by atoms with Crippen molar-refractivity contribution in [3.63, 3.8) is 0 Å². The van der Waals surface area contributed by atoms with Crippen LogP contribution in [-0.2, 0) is 19.1 Å². The lowest BCUT2D eigenvalue weighted by atomic mass is 10.2. The summed E-state index contributed by atoms with van der Waals surface area (Å²) in [5.74, 6) is -1.50. The number of halogens is 7. The van der Waals surface area contributed by atoms with Gasteiger partial charge in [-0.25, -0.2) is 4.98 Å². The third kappa shape index (κ3) is 2.42. The van der Waals surface area contributed by atoms with Gasteiger partial charge in [-0.3, -0.25) is 4.57 Å². The van der Waals surface area contributed by atoms with Gasteiger partial charge in [-0.05, 0) is 12.1 Å². The molecule has 0 unspecified atom stereocenters. The number of benzene rings is 1. The van der Waals surface area contributed by atoms with Crippen LogP contribution in [0.4, 0.5) is 26.3 Å². The molecule has 0 bridgehead atoms. The summed E-state index contributed by atoms with van der Waals surface area (Å²) in [5.41, 5.74) is -2.18. The number of hydrogen-bond donors (Lipinski definition) is 1. The average molecular weight is 319 g/mol. The van der Waals surface area contributed by atoms with Crippen molar-refractivity contribution >= 4 is 22.6 Å². The van der Waals surface area contributed by atoms with Gasteiger partial charge in [-0.15, -0.1) is 0 Å². The first-order valence-electron chi connectivity index (χ1n) is 5.00. The molecule has 1 N–H and O–H groups in total. The van der Waals surface area contributed by atoms with Crippen LogP contribution < -0.4 is 0 Å². The van der Waals surface area contributed by atoms with Crippen LogP contribution in [0.2, 0.25) is 5.02 Å². The van der Waals surface area contributed by atoms with Crippen molar-refractivity contribution in [2.45, 2.75) is 19.1 Å². The molecule has 2 rings (SSSR count). The van der Waals surface area contributed by atoms with Gasteiger partial charge in [0, 0.05) is 0 Å². The Labute approximate surface area is 112 Å². The Morgan fingerprint density at radius 2 is 1.70 bits per heavy atom. The monoisotopic (exact) mass is 318 g/mol. The molecule has 0 aliphatic rings. The number of fused-ring (bicyclic) bond motifs is 1. The van der Waals surface area contributed by atoms with Crippen molar-refractivity contribution in [2.75, 3.05) is 0 Å². The summed E-state index contributed by atoms with van der Waals surface area (Å²) in [6.45, 7) is -1.09. The molecule has 3 nitrogen and oxygen atoms in total. The van der Waals surface area contributed by atoms with Gasteiger partial charge in [-0.1, -0.05) is 11.6 Å². The van der Waals surface area contributed by atoms with Crippen LogP contribution in [0, 0.1) is 0 Å². The molecule has 0 amide bonds. The van der Waals surface area contributed by atoms with Crippen molar-refractivity contribution in [3.8, 4) is 0 Å². The van der Waals surface area contributed by atoms with E-state index in [1.807, 2.05) is 0 Å². The normalized spacial score (nSPS) is 13.2. The fourth-order valence-corrected chi connectivity index (χ4v) is 1.99. The Bertz CT molecular complexity index is 660. The van der Waals surface area contributed by atoms with E-state index in [-0.39, 0.29) is 5.52 Å². The maximum absolute atomic E-state index is 12.7. The standard InChI is InChI=1S/C10H5ClF6N2O/c11-5-2-7-6(1-4(5)9(12,13)14)18-8(10(15,16)17)19(7)3-20/h1-2,20H,3H2. The van der Waals surface area contributed by atoms with Gasteiger partial charge in [0.05, 0.1) is 21.6 Å². The van der Waals surface area contributed by atoms with Crippen LogP contribution >= 0.6 is 11.6 Å². The van der Waals surface area contributed by atoms with E-state index in [1.54, 1.807) is 0 Å². The Morgan fingerprint density at radius 1 is 1.10 bits per heavy atom. The fourth-order valence-electron chi connectivity index (χ4n) is 1.72. The molecule has 0 spiro atoms. The summed E-state index contributed by atoms with van der Waals surface area (Å²) >= 11 is 5.42. The number of imidazole rings is 1. The minimum absolute atomic E-state index is 0.335.